The third-order valence-corrected chi connectivity index (χ3v) is 6.42. The summed E-state index contributed by atoms with van der Waals surface area (Å²) in [6.07, 6.45) is 0. The van der Waals surface area contributed by atoms with Gasteiger partial charge in [-0.3, -0.25) is 4.79 Å². The van der Waals surface area contributed by atoms with Crippen LogP contribution in [0.1, 0.15) is 18.5 Å². The number of methoxy groups -OCH3 is 1. The second-order valence-corrected chi connectivity index (χ2v) is 9.18. The Kier molecular flexibility index (Phi) is 6.98. The lowest BCUT2D eigenvalue weighted by Gasteiger charge is -2.25. The number of primary sulfonamides is 1. The summed E-state index contributed by atoms with van der Waals surface area (Å²) in [7, 11) is -0.586. The van der Waals surface area contributed by atoms with E-state index < -0.39 is 10.0 Å². The van der Waals surface area contributed by atoms with Crippen LogP contribution in [-0.2, 0) is 14.8 Å². The van der Waals surface area contributed by atoms with Crippen LogP contribution in [0, 0.1) is 0 Å². The molecule has 0 bridgehead atoms. The van der Waals surface area contributed by atoms with Crippen LogP contribution in [-0.4, -0.2) is 49.3 Å². The molecule has 1 amide bonds. The van der Waals surface area contributed by atoms with E-state index in [9.17, 15) is 13.2 Å². The highest BCUT2D eigenvalue weighted by Gasteiger charge is 2.20. The standard InChI is InChI=1S/C20H22N4O5S2/c1-13(15-5-4-6-17(11-15)31(21,26)27)24(2)18(25)12-30-20-23-22-19(29-20)14-7-9-16(28-3)10-8-14/h4-11,13H,12H2,1-3H3,(H2,21,26,27). The number of rotatable bonds is 8. The van der Waals surface area contributed by atoms with E-state index >= 15 is 0 Å². The van der Waals surface area contributed by atoms with E-state index in [4.69, 9.17) is 14.3 Å². The van der Waals surface area contributed by atoms with E-state index in [0.29, 0.717) is 11.5 Å². The first-order valence-corrected chi connectivity index (χ1v) is 11.7. The smallest absolute Gasteiger partial charge is 0.277 e. The Hall–Kier alpha value is -2.89. The van der Waals surface area contributed by atoms with Gasteiger partial charge in [0.25, 0.3) is 5.22 Å². The molecule has 0 saturated carbocycles. The van der Waals surface area contributed by atoms with Crippen molar-refractivity contribution in [1.82, 2.24) is 15.1 Å². The van der Waals surface area contributed by atoms with Gasteiger partial charge >= 0.3 is 0 Å². The average Bonchev–Trinajstić information content (AvgIpc) is 3.25. The molecule has 1 heterocycles. The molecule has 3 aromatic rings. The minimum Gasteiger partial charge on any atom is -0.497 e. The fourth-order valence-electron chi connectivity index (χ4n) is 2.73. The van der Waals surface area contributed by atoms with E-state index in [-0.39, 0.29) is 27.8 Å². The fourth-order valence-corrected chi connectivity index (χ4v) is 3.99. The van der Waals surface area contributed by atoms with Gasteiger partial charge in [-0.1, -0.05) is 23.9 Å². The fraction of sp³-hybridized carbons (Fsp3) is 0.250. The number of hydrogen-bond donors (Lipinski definition) is 1. The zero-order chi connectivity index (χ0) is 22.6. The lowest BCUT2D eigenvalue weighted by atomic mass is 10.1. The molecule has 1 aromatic heterocycles. The van der Waals surface area contributed by atoms with Crippen LogP contribution in [0.2, 0.25) is 0 Å². The van der Waals surface area contributed by atoms with Gasteiger partial charge in [0.2, 0.25) is 21.8 Å². The second kappa shape index (κ2) is 9.50. The molecule has 0 aliphatic heterocycles. The van der Waals surface area contributed by atoms with E-state index in [1.54, 1.807) is 57.5 Å². The molecule has 1 unspecified atom stereocenters. The predicted octanol–water partition coefficient (Wildman–Crippen LogP) is 2.70. The molecule has 11 heteroatoms. The number of benzene rings is 2. The third kappa shape index (κ3) is 5.63. The van der Waals surface area contributed by atoms with Crippen LogP contribution in [0.4, 0.5) is 0 Å². The van der Waals surface area contributed by atoms with Gasteiger partial charge in [-0.05, 0) is 48.9 Å². The zero-order valence-corrected chi connectivity index (χ0v) is 18.8. The van der Waals surface area contributed by atoms with Crippen molar-refractivity contribution >= 4 is 27.7 Å². The van der Waals surface area contributed by atoms with E-state index in [1.807, 2.05) is 0 Å². The molecule has 1 atom stereocenters. The highest BCUT2D eigenvalue weighted by atomic mass is 32.2. The summed E-state index contributed by atoms with van der Waals surface area (Å²) in [5, 5.41) is 13.4. The number of amides is 1. The second-order valence-electron chi connectivity index (χ2n) is 6.69. The van der Waals surface area contributed by atoms with Crippen LogP contribution in [0.25, 0.3) is 11.5 Å². The van der Waals surface area contributed by atoms with E-state index in [2.05, 4.69) is 10.2 Å². The van der Waals surface area contributed by atoms with Gasteiger partial charge in [0.15, 0.2) is 0 Å². The van der Waals surface area contributed by atoms with Crippen LogP contribution in [0.15, 0.2) is 63.1 Å². The van der Waals surface area contributed by atoms with Crippen LogP contribution >= 0.6 is 11.8 Å². The Morgan fingerprint density at radius 2 is 1.94 bits per heavy atom. The Balaban J connectivity index is 1.62. The summed E-state index contributed by atoms with van der Waals surface area (Å²) in [5.41, 5.74) is 1.40. The third-order valence-electron chi connectivity index (χ3n) is 4.71. The molecule has 0 aliphatic rings. The Labute approximate surface area is 184 Å². The summed E-state index contributed by atoms with van der Waals surface area (Å²) in [5.74, 6) is 0.969. The molecule has 2 N–H and O–H groups in total. The number of nitrogens with zero attached hydrogens (tertiary/aromatic N) is 3. The molecule has 0 radical (unpaired) electrons. The maximum atomic E-state index is 12.6. The van der Waals surface area contributed by atoms with Crippen molar-refractivity contribution < 1.29 is 22.4 Å². The number of thioether (sulfide) groups is 1. The topological polar surface area (TPSA) is 129 Å². The number of ether oxygens (including phenoxy) is 1. The van der Waals surface area contributed by atoms with Crippen molar-refractivity contribution in [2.24, 2.45) is 5.14 Å². The van der Waals surface area contributed by atoms with Gasteiger partial charge in [0.05, 0.1) is 23.8 Å². The van der Waals surface area contributed by atoms with Crippen molar-refractivity contribution in [2.75, 3.05) is 19.9 Å². The largest absolute Gasteiger partial charge is 0.497 e. The molecular weight excluding hydrogens is 440 g/mol. The van der Waals surface area contributed by atoms with Crippen LogP contribution in [0.3, 0.4) is 0 Å². The molecule has 2 aromatic carbocycles. The normalized spacial score (nSPS) is 12.4. The van der Waals surface area contributed by atoms with E-state index in [0.717, 1.165) is 23.1 Å². The number of carbonyl (C=O) groups is 1. The minimum atomic E-state index is -3.82. The first kappa shape index (κ1) is 22.8. The molecule has 9 nitrogen and oxygen atoms in total. The Morgan fingerprint density at radius 3 is 2.58 bits per heavy atom. The Bertz CT molecular complexity index is 1160. The molecule has 0 spiro atoms. The molecule has 164 valence electrons. The zero-order valence-electron chi connectivity index (χ0n) is 17.2. The number of sulfonamides is 1. The number of aromatic nitrogens is 2. The quantitative estimate of drug-likeness (QED) is 0.506. The number of carbonyl (C=O) groups excluding carboxylic acids is 1. The molecule has 0 saturated heterocycles. The van der Waals surface area contributed by atoms with Crippen molar-refractivity contribution in [2.45, 2.75) is 23.1 Å². The Morgan fingerprint density at radius 1 is 1.23 bits per heavy atom. The maximum absolute atomic E-state index is 12.6. The lowest BCUT2D eigenvalue weighted by molar-refractivity contribution is -0.128. The summed E-state index contributed by atoms with van der Waals surface area (Å²) in [6, 6.07) is 13.1. The lowest BCUT2D eigenvalue weighted by Crippen LogP contribution is -2.31. The van der Waals surface area contributed by atoms with Crippen molar-refractivity contribution in [3.05, 3.63) is 54.1 Å². The predicted molar refractivity (Wildman–Crippen MR) is 116 cm³/mol. The average molecular weight is 463 g/mol. The van der Waals surface area contributed by atoms with Crippen LogP contribution in [0.5, 0.6) is 5.75 Å². The highest BCUT2D eigenvalue weighted by Crippen LogP contribution is 2.26. The van der Waals surface area contributed by atoms with Gasteiger partial charge in [-0.2, -0.15) is 0 Å². The molecule has 0 fully saturated rings. The molecule has 3 rings (SSSR count). The minimum absolute atomic E-state index is 0.00370. The van der Waals surface area contributed by atoms with Gasteiger partial charge in [0, 0.05) is 12.6 Å². The molecule has 31 heavy (non-hydrogen) atoms. The van der Waals surface area contributed by atoms with Gasteiger partial charge in [0.1, 0.15) is 5.75 Å². The van der Waals surface area contributed by atoms with Gasteiger partial charge in [-0.25, -0.2) is 13.6 Å². The van der Waals surface area contributed by atoms with Crippen molar-refractivity contribution in [3.8, 4) is 17.2 Å². The van der Waals surface area contributed by atoms with Crippen molar-refractivity contribution in [1.29, 1.82) is 0 Å². The molecule has 0 aliphatic carbocycles. The summed E-state index contributed by atoms with van der Waals surface area (Å²) in [6.45, 7) is 1.80. The number of hydrogen-bond acceptors (Lipinski definition) is 8. The first-order chi connectivity index (χ1) is 14.7. The van der Waals surface area contributed by atoms with E-state index in [1.165, 1.54) is 17.0 Å². The van der Waals surface area contributed by atoms with Crippen LogP contribution < -0.4 is 9.88 Å². The van der Waals surface area contributed by atoms with Gasteiger partial charge < -0.3 is 14.1 Å². The van der Waals surface area contributed by atoms with Gasteiger partial charge in [-0.15, -0.1) is 10.2 Å². The summed E-state index contributed by atoms with van der Waals surface area (Å²) >= 11 is 1.13. The summed E-state index contributed by atoms with van der Waals surface area (Å²) in [4.78, 5) is 14.1. The maximum Gasteiger partial charge on any atom is 0.277 e. The SMILES string of the molecule is COc1ccc(-c2nnc(SCC(=O)N(C)C(C)c3cccc(S(N)(=O)=O)c3)o2)cc1. The van der Waals surface area contributed by atoms with Crippen molar-refractivity contribution in [3.63, 3.8) is 0 Å². The monoisotopic (exact) mass is 462 g/mol. The summed E-state index contributed by atoms with van der Waals surface area (Å²) < 4.78 is 33.9. The highest BCUT2D eigenvalue weighted by molar-refractivity contribution is 7.99. The number of nitrogens with two attached hydrogens (primary N) is 1. The molecular formula is C20H22N4O5S2. The first-order valence-electron chi connectivity index (χ1n) is 9.18.